The van der Waals surface area contributed by atoms with Crippen LogP contribution < -0.4 is 10.6 Å². The molecule has 13 heteroatoms. The van der Waals surface area contributed by atoms with Crippen molar-refractivity contribution in [2.24, 2.45) is 5.92 Å². The van der Waals surface area contributed by atoms with Crippen LogP contribution in [-0.2, 0) is 15.3 Å². The average Bonchev–Trinajstić information content (AvgIpc) is 2.68. The van der Waals surface area contributed by atoms with Crippen molar-refractivity contribution in [1.29, 1.82) is 0 Å². The lowest BCUT2D eigenvalue weighted by molar-refractivity contribution is -0.385. The molecular formula is C20H18F7N3O3. The van der Waals surface area contributed by atoms with Crippen molar-refractivity contribution in [3.63, 3.8) is 0 Å². The van der Waals surface area contributed by atoms with E-state index < -0.39 is 35.4 Å². The Morgan fingerprint density at radius 2 is 1.70 bits per heavy atom. The maximum Gasteiger partial charge on any atom is 0.435 e. The van der Waals surface area contributed by atoms with Crippen molar-refractivity contribution in [2.45, 2.75) is 44.8 Å². The van der Waals surface area contributed by atoms with E-state index in [9.17, 15) is 45.5 Å². The number of amidine groups is 1. The highest BCUT2D eigenvalue weighted by atomic mass is 19.4. The number of rotatable bonds is 4. The van der Waals surface area contributed by atoms with Crippen LogP contribution >= 0.6 is 0 Å². The topological polar surface area (TPSA) is 84.3 Å². The fourth-order valence-electron chi connectivity index (χ4n) is 3.11. The van der Waals surface area contributed by atoms with Gasteiger partial charge in [-0.25, -0.2) is 13.9 Å². The molecule has 1 aromatic carbocycles. The van der Waals surface area contributed by atoms with E-state index in [1.54, 1.807) is 13.8 Å². The van der Waals surface area contributed by atoms with Gasteiger partial charge in [0.1, 0.15) is 5.94 Å². The monoisotopic (exact) mass is 481 g/mol. The Bertz CT molecular complexity index is 1040. The Morgan fingerprint density at radius 3 is 2.15 bits per heavy atom. The molecule has 0 bridgehead atoms. The largest absolute Gasteiger partial charge is 0.711 e. The molecule has 1 unspecified atom stereocenters. The average molecular weight is 481 g/mol. The van der Waals surface area contributed by atoms with Gasteiger partial charge < -0.3 is 10.5 Å². The second kappa shape index (κ2) is 8.89. The first kappa shape index (κ1) is 25.9. The number of carbonyl (C=O) groups is 1. The summed E-state index contributed by atoms with van der Waals surface area (Å²) in [6.45, 7) is 4.35. The molecule has 2 rings (SSSR count). The molecule has 0 saturated heterocycles. The normalized spacial score (nSPS) is 17.3. The van der Waals surface area contributed by atoms with Crippen LogP contribution in [0.2, 0.25) is 0 Å². The van der Waals surface area contributed by atoms with E-state index in [2.05, 4.69) is 10.6 Å². The second-order valence-corrected chi connectivity index (χ2v) is 7.49. The van der Waals surface area contributed by atoms with Crippen LogP contribution in [0.3, 0.4) is 0 Å². The highest BCUT2D eigenvalue weighted by molar-refractivity contribution is 6.11. The smallest absolute Gasteiger partial charge is 0.435 e. The van der Waals surface area contributed by atoms with E-state index in [1.165, 1.54) is 5.94 Å². The number of nitrogens with one attached hydrogen (secondary N) is 2. The summed E-state index contributed by atoms with van der Waals surface area (Å²) in [4.78, 5) is 24.1. The molecule has 1 aliphatic rings. The molecule has 180 valence electrons. The number of carbonyl (C=O) groups excluding carboxylic acids is 2. The molecule has 0 spiro atoms. The zero-order chi connectivity index (χ0) is 25.4. The first-order valence-electron chi connectivity index (χ1n) is 9.31. The van der Waals surface area contributed by atoms with Crippen LogP contribution in [0, 0.1) is 18.0 Å². The van der Waals surface area contributed by atoms with E-state index in [0.717, 1.165) is 19.2 Å². The van der Waals surface area contributed by atoms with Gasteiger partial charge in [-0.2, -0.15) is 26.3 Å². The Labute approximate surface area is 183 Å². The number of amides is 1. The van der Waals surface area contributed by atoms with Gasteiger partial charge in [0.25, 0.3) is 5.84 Å². The Kier molecular flexibility index (Phi) is 6.98. The first-order valence-corrected chi connectivity index (χ1v) is 9.31. The number of aryl methyl sites for hydroxylation is 1. The van der Waals surface area contributed by atoms with Crippen LogP contribution in [-0.4, -0.2) is 40.8 Å². The van der Waals surface area contributed by atoms with Crippen LogP contribution in [0.15, 0.2) is 36.0 Å². The lowest BCUT2D eigenvalue weighted by Gasteiger charge is -2.30. The number of halogens is 7. The molecule has 33 heavy (non-hydrogen) atoms. The zero-order valence-corrected chi connectivity index (χ0v) is 17.4. The minimum atomic E-state index is -6.29. The van der Waals surface area contributed by atoms with Crippen LogP contribution in [0.25, 0.3) is 0 Å². The molecule has 0 radical (unpaired) electrons. The Morgan fingerprint density at radius 1 is 1.12 bits per heavy atom. The third-order valence-corrected chi connectivity index (χ3v) is 4.69. The van der Waals surface area contributed by atoms with Crippen molar-refractivity contribution in [2.75, 3.05) is 5.32 Å². The summed E-state index contributed by atoms with van der Waals surface area (Å²) >= 11 is 0. The predicted molar refractivity (Wildman–Crippen MR) is 103 cm³/mol. The van der Waals surface area contributed by atoms with Gasteiger partial charge >= 0.3 is 18.0 Å². The maximum atomic E-state index is 14.3. The van der Waals surface area contributed by atoms with Gasteiger partial charge in [-0.15, -0.1) is 0 Å². The Hall–Kier alpha value is -3.34. The summed E-state index contributed by atoms with van der Waals surface area (Å²) in [5.74, 6) is -1.21. The van der Waals surface area contributed by atoms with Gasteiger partial charge in [-0.1, -0.05) is 12.1 Å². The standard InChI is InChI=1S/C20H18F7N3O3/c1-10(2)28-16-15(12(9-31)6-7-30(16)33)17(32)29-14-5-4-13(8-11(14)3)18(21,19(22,23)24)20(25,26)27/h4-8,10,15,28H,1-3H3,(H,29,32). The molecule has 0 saturated carbocycles. The maximum absolute atomic E-state index is 14.3. The molecule has 2 N–H and O–H groups in total. The number of allylic oxidation sites excluding steroid dienone is 1. The summed E-state index contributed by atoms with van der Waals surface area (Å²) in [6.07, 6.45) is -10.6. The van der Waals surface area contributed by atoms with E-state index in [0.29, 0.717) is 16.9 Å². The van der Waals surface area contributed by atoms with Crippen molar-refractivity contribution >= 4 is 23.4 Å². The summed E-state index contributed by atoms with van der Waals surface area (Å²) < 4.78 is 92.5. The van der Waals surface area contributed by atoms with Gasteiger partial charge in [0.15, 0.2) is 5.92 Å². The molecular weight excluding hydrogens is 463 g/mol. The van der Waals surface area contributed by atoms with Gasteiger partial charge in [0.2, 0.25) is 5.91 Å². The van der Waals surface area contributed by atoms with E-state index in [4.69, 9.17) is 0 Å². The lowest BCUT2D eigenvalue weighted by Crippen LogP contribution is -2.50. The lowest BCUT2D eigenvalue weighted by atomic mass is 9.92. The second-order valence-electron chi connectivity index (χ2n) is 7.49. The molecule has 1 aromatic rings. The van der Waals surface area contributed by atoms with Crippen molar-refractivity contribution < 1.29 is 45.1 Å². The molecule has 1 atom stereocenters. The quantitative estimate of drug-likeness (QED) is 0.295. The molecule has 6 nitrogen and oxygen atoms in total. The fraction of sp³-hybridized carbons (Fsp3) is 0.400. The van der Waals surface area contributed by atoms with E-state index in [1.807, 2.05) is 0 Å². The number of nitrogens with zero attached hydrogens (tertiary/aromatic N) is 1. The van der Waals surface area contributed by atoms with E-state index in [-0.39, 0.29) is 34.8 Å². The third kappa shape index (κ3) is 4.87. The summed E-state index contributed by atoms with van der Waals surface area (Å²) in [5.41, 5.74) is -8.16. The first-order chi connectivity index (χ1) is 15.0. The summed E-state index contributed by atoms with van der Waals surface area (Å²) in [6, 6.07) is 0.888. The van der Waals surface area contributed by atoms with Crippen molar-refractivity contribution in [3.05, 3.63) is 52.4 Å². The molecule has 0 fully saturated rings. The zero-order valence-electron chi connectivity index (χ0n) is 17.4. The third-order valence-electron chi connectivity index (χ3n) is 4.69. The minimum Gasteiger partial charge on any atom is -0.711 e. The SMILES string of the molecule is Cc1cc(C(F)(C(F)(F)F)C(F)(F)F)ccc1NC(=O)C1C(=C=O)C=C[N+]([O-])=C1NC(C)C. The highest BCUT2D eigenvalue weighted by Crippen LogP contribution is 2.53. The van der Waals surface area contributed by atoms with Crippen LogP contribution in [0.4, 0.5) is 36.4 Å². The van der Waals surface area contributed by atoms with Crippen molar-refractivity contribution in [1.82, 2.24) is 5.32 Å². The molecule has 0 aromatic heterocycles. The molecule has 0 aliphatic carbocycles. The van der Waals surface area contributed by atoms with E-state index >= 15 is 0 Å². The predicted octanol–water partition coefficient (Wildman–Crippen LogP) is 4.03. The number of hydrogen-bond donors (Lipinski definition) is 2. The molecule has 1 amide bonds. The van der Waals surface area contributed by atoms with Gasteiger partial charge in [-0.05, 0) is 38.5 Å². The van der Waals surface area contributed by atoms with Gasteiger partial charge in [0.05, 0.1) is 17.8 Å². The number of benzene rings is 1. The van der Waals surface area contributed by atoms with Crippen LogP contribution in [0.5, 0.6) is 0 Å². The molecule has 1 aliphatic heterocycles. The van der Waals surface area contributed by atoms with Crippen molar-refractivity contribution in [3.8, 4) is 0 Å². The number of hydrogen-bond acceptors (Lipinski definition) is 4. The van der Waals surface area contributed by atoms with Crippen LogP contribution in [0.1, 0.15) is 25.0 Å². The summed E-state index contributed by atoms with van der Waals surface area (Å²) in [5, 5.41) is 17.1. The number of hydroxylamine groups is 1. The fourth-order valence-corrected chi connectivity index (χ4v) is 3.11. The van der Waals surface area contributed by atoms with Gasteiger partial charge in [0, 0.05) is 11.3 Å². The van der Waals surface area contributed by atoms with Gasteiger partial charge in [-0.3, -0.25) is 10.1 Å². The molecule has 1 heterocycles. The summed E-state index contributed by atoms with van der Waals surface area (Å²) in [7, 11) is 0. The highest BCUT2D eigenvalue weighted by Gasteiger charge is 2.73. The Balaban J connectivity index is 2.45. The number of alkyl halides is 7. The minimum absolute atomic E-state index is 0.241. The number of anilines is 1.